The fourth-order valence-electron chi connectivity index (χ4n) is 5.91. The van der Waals surface area contributed by atoms with Crippen LogP contribution in [-0.4, -0.2) is 37.2 Å². The first-order chi connectivity index (χ1) is 14.9. The van der Waals surface area contributed by atoms with Gasteiger partial charge in [-0.3, -0.25) is 9.48 Å². The summed E-state index contributed by atoms with van der Waals surface area (Å²) in [4.78, 5) is 12.0. The van der Waals surface area contributed by atoms with Crippen molar-refractivity contribution in [2.45, 2.75) is 82.0 Å². The first-order valence-electron chi connectivity index (χ1n) is 10.9. The zero-order valence-electron chi connectivity index (χ0n) is 18.0. The van der Waals surface area contributed by atoms with Crippen LogP contribution in [0.15, 0.2) is 12.3 Å². The molecule has 7 nitrogen and oxygen atoms in total. The van der Waals surface area contributed by atoms with Gasteiger partial charge in [-0.05, 0) is 57.1 Å². The number of hydrogen-bond acceptors (Lipinski definition) is 5. The maximum atomic E-state index is 13.6. The number of carbonyl (C=O) groups is 1. The van der Waals surface area contributed by atoms with E-state index in [1.165, 1.54) is 6.20 Å². The van der Waals surface area contributed by atoms with Crippen LogP contribution in [0.1, 0.15) is 75.2 Å². The van der Waals surface area contributed by atoms with Crippen molar-refractivity contribution in [3.05, 3.63) is 29.2 Å². The molecule has 3 heterocycles. The number of amides is 1. The Balaban J connectivity index is 1.57. The summed E-state index contributed by atoms with van der Waals surface area (Å²) in [6.45, 7) is 2.91. The number of halogens is 3. The van der Waals surface area contributed by atoms with E-state index >= 15 is 0 Å². The monoisotopic (exact) mass is 449 g/mol. The summed E-state index contributed by atoms with van der Waals surface area (Å²) in [7, 11) is 0. The predicted octanol–water partition coefficient (Wildman–Crippen LogP) is 3.30. The largest absolute Gasteiger partial charge is 0.422 e. The molecule has 3 aliphatic carbocycles. The minimum Gasteiger partial charge on any atom is -0.375 e. The van der Waals surface area contributed by atoms with E-state index in [4.69, 9.17) is 10.8 Å². The maximum Gasteiger partial charge on any atom is 0.422 e. The fraction of sp³-hybridized carbons (Fsp3) is 0.636. The van der Waals surface area contributed by atoms with E-state index in [1.54, 1.807) is 0 Å². The van der Waals surface area contributed by atoms with Gasteiger partial charge in [0.1, 0.15) is 5.69 Å². The van der Waals surface area contributed by atoms with Gasteiger partial charge in [-0.15, -0.1) is 0 Å². The Kier molecular flexibility index (Phi) is 4.35. The van der Waals surface area contributed by atoms with Crippen molar-refractivity contribution < 1.29 is 23.1 Å². The number of aromatic nitrogens is 4. The molecule has 3 saturated carbocycles. The fourth-order valence-corrected chi connectivity index (χ4v) is 5.91. The zero-order valence-corrected chi connectivity index (χ0v) is 18.0. The Bertz CT molecular complexity index is 1080. The summed E-state index contributed by atoms with van der Waals surface area (Å²) in [5.41, 5.74) is 4.04. The van der Waals surface area contributed by atoms with Gasteiger partial charge in [0.05, 0.1) is 17.6 Å². The Morgan fingerprint density at radius 1 is 1.22 bits per heavy atom. The Morgan fingerprint density at radius 3 is 2.41 bits per heavy atom. The average molecular weight is 449 g/mol. The molecule has 0 unspecified atom stereocenters. The van der Waals surface area contributed by atoms with Gasteiger partial charge >= 0.3 is 6.18 Å². The van der Waals surface area contributed by atoms with Crippen molar-refractivity contribution in [2.24, 2.45) is 11.1 Å². The lowest BCUT2D eigenvalue weighted by Gasteiger charge is -2.51. The Labute approximate surface area is 183 Å². The van der Waals surface area contributed by atoms with Crippen molar-refractivity contribution in [3.63, 3.8) is 0 Å². The first-order valence-corrected chi connectivity index (χ1v) is 10.9. The molecule has 6 rings (SSSR count). The number of alkyl halides is 3. The van der Waals surface area contributed by atoms with E-state index in [1.807, 2.05) is 17.7 Å². The van der Waals surface area contributed by atoms with Crippen molar-refractivity contribution in [1.82, 2.24) is 20.0 Å². The number of nitrogens with two attached hydrogens (primary N) is 1. The van der Waals surface area contributed by atoms with E-state index in [-0.39, 0.29) is 17.2 Å². The van der Waals surface area contributed by atoms with Crippen LogP contribution in [0, 0.1) is 5.41 Å². The maximum absolute atomic E-state index is 13.6. The van der Waals surface area contributed by atoms with Crippen LogP contribution < -0.4 is 5.73 Å². The SMILES string of the molecule is C[C@H]1Cn2nc(C34CCC(C(N)=O)(CC3)CC4)cc2-c2cnnc([C@@](C)(O)C(F)(F)F)c21. The van der Waals surface area contributed by atoms with E-state index in [0.29, 0.717) is 23.4 Å². The molecule has 2 aromatic heterocycles. The summed E-state index contributed by atoms with van der Waals surface area (Å²) < 4.78 is 42.6. The lowest BCUT2D eigenvalue weighted by Crippen LogP contribution is -2.50. The highest BCUT2D eigenvalue weighted by atomic mass is 19.4. The number of carbonyl (C=O) groups excluding carboxylic acids is 1. The summed E-state index contributed by atoms with van der Waals surface area (Å²) >= 11 is 0. The van der Waals surface area contributed by atoms with E-state index in [9.17, 15) is 23.1 Å². The molecule has 3 fully saturated rings. The van der Waals surface area contributed by atoms with Gasteiger partial charge < -0.3 is 10.8 Å². The molecule has 2 bridgehead atoms. The number of fused-ring (bicyclic) bond motifs is 6. The number of hydrogen-bond donors (Lipinski definition) is 2. The second-order valence-electron chi connectivity index (χ2n) is 10.0. The predicted molar refractivity (Wildman–Crippen MR) is 108 cm³/mol. The Morgan fingerprint density at radius 2 is 1.84 bits per heavy atom. The summed E-state index contributed by atoms with van der Waals surface area (Å²) in [6, 6.07) is 1.95. The molecule has 2 aromatic rings. The highest BCUT2D eigenvalue weighted by Crippen LogP contribution is 2.58. The van der Waals surface area contributed by atoms with Crippen LogP contribution in [-0.2, 0) is 22.4 Å². The smallest absolute Gasteiger partial charge is 0.375 e. The number of rotatable bonds is 3. The molecule has 0 spiro atoms. The van der Waals surface area contributed by atoms with Crippen LogP contribution >= 0.6 is 0 Å². The van der Waals surface area contributed by atoms with Crippen LogP contribution in [0.25, 0.3) is 11.3 Å². The van der Waals surface area contributed by atoms with Crippen molar-refractivity contribution >= 4 is 5.91 Å². The summed E-state index contributed by atoms with van der Waals surface area (Å²) in [5.74, 6) is -0.553. The zero-order chi connectivity index (χ0) is 23.1. The highest BCUT2D eigenvalue weighted by molar-refractivity contribution is 5.81. The minimum atomic E-state index is -4.88. The summed E-state index contributed by atoms with van der Waals surface area (Å²) in [5, 5.41) is 22.7. The third kappa shape index (κ3) is 2.77. The van der Waals surface area contributed by atoms with Gasteiger partial charge in [-0.25, -0.2) is 0 Å². The number of primary amides is 1. The molecule has 1 aliphatic heterocycles. The molecule has 3 N–H and O–H groups in total. The Hall–Kier alpha value is -2.49. The topological polar surface area (TPSA) is 107 Å². The van der Waals surface area contributed by atoms with E-state index < -0.39 is 22.9 Å². The number of nitrogens with zero attached hydrogens (tertiary/aromatic N) is 4. The average Bonchev–Trinajstić information content (AvgIpc) is 3.19. The molecular formula is C22H26F3N5O2. The lowest BCUT2D eigenvalue weighted by molar-refractivity contribution is -0.260. The second-order valence-corrected chi connectivity index (χ2v) is 10.0. The second kappa shape index (κ2) is 6.52. The van der Waals surface area contributed by atoms with Crippen LogP contribution in [0.2, 0.25) is 0 Å². The normalized spacial score (nSPS) is 31.0. The molecule has 2 atom stereocenters. The number of aliphatic hydroxyl groups is 1. The van der Waals surface area contributed by atoms with Crippen molar-refractivity contribution in [3.8, 4) is 11.3 Å². The van der Waals surface area contributed by atoms with Gasteiger partial charge in [0.15, 0.2) is 0 Å². The molecule has 0 aromatic carbocycles. The van der Waals surface area contributed by atoms with Gasteiger partial charge in [0.2, 0.25) is 11.5 Å². The summed E-state index contributed by atoms with van der Waals surface area (Å²) in [6.07, 6.45) is 1.24. The van der Waals surface area contributed by atoms with Crippen molar-refractivity contribution in [2.75, 3.05) is 0 Å². The molecular weight excluding hydrogens is 423 g/mol. The van der Waals surface area contributed by atoms with Gasteiger partial charge in [0, 0.05) is 28.9 Å². The van der Waals surface area contributed by atoms with Gasteiger partial charge in [0.25, 0.3) is 0 Å². The quantitative estimate of drug-likeness (QED) is 0.748. The minimum absolute atomic E-state index is 0.147. The molecule has 0 radical (unpaired) electrons. The standard InChI is InChI=1S/C22H26F3N5O2/c1-12-11-30-14(13-10-27-28-17(16(12)13)19(2,32)22(23,24)25)9-15(29-30)20-3-6-21(7-4-20,8-5-20)18(26)31/h9-10,12,32H,3-8,11H2,1-2H3,(H2,26,31)/t12-,19+,20?,21?/m0/s1. The molecule has 0 saturated heterocycles. The highest BCUT2D eigenvalue weighted by Gasteiger charge is 2.55. The van der Waals surface area contributed by atoms with Crippen LogP contribution in [0.3, 0.4) is 0 Å². The van der Waals surface area contributed by atoms with Crippen molar-refractivity contribution in [1.29, 1.82) is 0 Å². The van der Waals surface area contributed by atoms with E-state index in [0.717, 1.165) is 51.1 Å². The molecule has 10 heteroatoms. The third-order valence-electron chi connectivity index (χ3n) is 8.21. The molecule has 1 amide bonds. The van der Waals surface area contributed by atoms with E-state index in [2.05, 4.69) is 10.2 Å². The third-order valence-corrected chi connectivity index (χ3v) is 8.21. The lowest BCUT2D eigenvalue weighted by atomic mass is 9.52. The molecule has 4 aliphatic rings. The molecule has 172 valence electrons. The van der Waals surface area contributed by atoms with Gasteiger partial charge in [-0.1, -0.05) is 6.92 Å². The van der Waals surface area contributed by atoms with Gasteiger partial charge in [-0.2, -0.15) is 28.5 Å². The van der Waals surface area contributed by atoms with Crippen LogP contribution in [0.4, 0.5) is 13.2 Å². The first kappa shape index (κ1) is 21.4. The van der Waals surface area contributed by atoms with Crippen LogP contribution in [0.5, 0.6) is 0 Å². The molecule has 32 heavy (non-hydrogen) atoms.